The van der Waals surface area contributed by atoms with E-state index in [-0.39, 0.29) is 11.3 Å². The molecule has 0 saturated carbocycles. The third kappa shape index (κ3) is 4.02. The minimum Gasteiger partial charge on any atom is -0.505 e. The summed E-state index contributed by atoms with van der Waals surface area (Å²) in [5.74, 6) is -0.581. The molecule has 1 unspecified atom stereocenters. The molecule has 1 amide bonds. The van der Waals surface area contributed by atoms with Crippen molar-refractivity contribution in [1.29, 1.82) is 0 Å². The molecule has 6 nitrogen and oxygen atoms in total. The van der Waals surface area contributed by atoms with Crippen LogP contribution >= 0.6 is 0 Å². The topological polar surface area (TPSA) is 88.0 Å². The number of aromatic nitrogens is 3. The van der Waals surface area contributed by atoms with E-state index in [2.05, 4.69) is 20.3 Å². The van der Waals surface area contributed by atoms with E-state index in [1.807, 2.05) is 78.9 Å². The van der Waals surface area contributed by atoms with Gasteiger partial charge in [-0.2, -0.15) is 0 Å². The van der Waals surface area contributed by atoms with Gasteiger partial charge in [0.25, 0.3) is 5.91 Å². The lowest BCUT2D eigenvalue weighted by atomic mass is 9.99. The molecule has 1 atom stereocenters. The lowest BCUT2D eigenvalue weighted by Crippen LogP contribution is -2.30. The van der Waals surface area contributed by atoms with Crippen LogP contribution in [-0.4, -0.2) is 26.0 Å². The Morgan fingerprint density at radius 1 is 0.848 bits per heavy atom. The molecule has 160 valence electrons. The summed E-state index contributed by atoms with van der Waals surface area (Å²) >= 11 is 0. The van der Waals surface area contributed by atoms with Crippen LogP contribution in [0.15, 0.2) is 104 Å². The second-order valence-corrected chi connectivity index (χ2v) is 7.52. The standard InChI is InChI=1S/C27H20N4O2/c32-26-23(20-13-7-8-14-21(20)30-25(26)19-11-5-2-6-12-19)27(33)31-24(18-9-3-1-4-10-18)22-15-16-28-17-29-22/h1-17,24,32H,(H,31,33). The Morgan fingerprint density at radius 3 is 2.27 bits per heavy atom. The normalized spacial score (nSPS) is 11.8. The van der Waals surface area contributed by atoms with Crippen LogP contribution in [0.4, 0.5) is 0 Å². The Labute approximate surface area is 190 Å². The van der Waals surface area contributed by atoms with Crippen molar-refractivity contribution in [2.75, 3.05) is 0 Å². The predicted octanol–water partition coefficient (Wildman–Crippen LogP) is 4.92. The maximum absolute atomic E-state index is 13.7. The third-order valence-electron chi connectivity index (χ3n) is 5.45. The number of nitrogens with zero attached hydrogens (tertiary/aromatic N) is 3. The summed E-state index contributed by atoms with van der Waals surface area (Å²) in [6.45, 7) is 0. The third-order valence-corrected chi connectivity index (χ3v) is 5.45. The van der Waals surface area contributed by atoms with Crippen LogP contribution in [0.5, 0.6) is 5.75 Å². The minimum atomic E-state index is -0.520. The summed E-state index contributed by atoms with van der Waals surface area (Å²) in [5, 5.41) is 14.8. The van der Waals surface area contributed by atoms with Crippen LogP contribution < -0.4 is 5.32 Å². The van der Waals surface area contributed by atoms with Gasteiger partial charge in [0.15, 0.2) is 5.75 Å². The maximum Gasteiger partial charge on any atom is 0.256 e. The van der Waals surface area contributed by atoms with E-state index in [1.54, 1.807) is 18.3 Å². The highest BCUT2D eigenvalue weighted by atomic mass is 16.3. The Hall–Kier alpha value is -4.58. The van der Waals surface area contributed by atoms with E-state index >= 15 is 0 Å². The van der Waals surface area contributed by atoms with Crippen molar-refractivity contribution in [3.05, 3.63) is 120 Å². The zero-order valence-electron chi connectivity index (χ0n) is 17.6. The Morgan fingerprint density at radius 2 is 1.55 bits per heavy atom. The summed E-state index contributed by atoms with van der Waals surface area (Å²) in [6, 6.07) is 27.4. The van der Waals surface area contributed by atoms with Gasteiger partial charge in [0.2, 0.25) is 0 Å². The van der Waals surface area contributed by atoms with Crippen LogP contribution in [0.2, 0.25) is 0 Å². The average Bonchev–Trinajstić information content (AvgIpc) is 2.88. The SMILES string of the molecule is O=C(NC(c1ccccc1)c1ccncn1)c1c(O)c(-c2ccccc2)nc2ccccc12. The van der Waals surface area contributed by atoms with Crippen LogP contribution in [0.3, 0.4) is 0 Å². The highest BCUT2D eigenvalue weighted by Gasteiger charge is 2.25. The number of para-hydroxylation sites is 1. The number of amides is 1. The lowest BCUT2D eigenvalue weighted by Gasteiger charge is -2.20. The summed E-state index contributed by atoms with van der Waals surface area (Å²) in [6.07, 6.45) is 3.08. The van der Waals surface area contributed by atoms with Crippen molar-refractivity contribution in [3.8, 4) is 17.0 Å². The average molecular weight is 432 g/mol. The van der Waals surface area contributed by atoms with Gasteiger partial charge in [0.05, 0.1) is 22.8 Å². The van der Waals surface area contributed by atoms with Gasteiger partial charge in [0, 0.05) is 17.1 Å². The van der Waals surface area contributed by atoms with Crippen molar-refractivity contribution < 1.29 is 9.90 Å². The molecule has 0 bridgehead atoms. The first-order valence-corrected chi connectivity index (χ1v) is 10.5. The quantitative estimate of drug-likeness (QED) is 0.412. The molecule has 3 aromatic carbocycles. The molecular formula is C27H20N4O2. The van der Waals surface area contributed by atoms with Crippen LogP contribution in [0, 0.1) is 0 Å². The Kier molecular flexibility index (Phi) is 5.47. The number of fused-ring (bicyclic) bond motifs is 1. The highest BCUT2D eigenvalue weighted by Crippen LogP contribution is 2.35. The van der Waals surface area contributed by atoms with Crippen molar-refractivity contribution in [3.63, 3.8) is 0 Å². The number of aromatic hydroxyl groups is 1. The molecule has 0 saturated heterocycles. The fraction of sp³-hybridized carbons (Fsp3) is 0.0370. The first-order chi connectivity index (χ1) is 16.2. The van der Waals surface area contributed by atoms with Gasteiger partial charge in [-0.3, -0.25) is 4.79 Å². The monoisotopic (exact) mass is 432 g/mol. The molecule has 2 heterocycles. The molecule has 2 N–H and O–H groups in total. The minimum absolute atomic E-state index is 0.160. The molecule has 5 rings (SSSR count). The Bertz CT molecular complexity index is 1370. The van der Waals surface area contributed by atoms with E-state index < -0.39 is 11.9 Å². The van der Waals surface area contributed by atoms with Crippen LogP contribution in [-0.2, 0) is 0 Å². The van der Waals surface area contributed by atoms with Crippen LogP contribution in [0.25, 0.3) is 22.2 Å². The van der Waals surface area contributed by atoms with Crippen molar-refractivity contribution in [2.24, 2.45) is 0 Å². The number of hydrogen-bond acceptors (Lipinski definition) is 5. The molecule has 2 aromatic heterocycles. The van der Waals surface area contributed by atoms with Crippen molar-refractivity contribution in [2.45, 2.75) is 6.04 Å². The second kappa shape index (κ2) is 8.88. The van der Waals surface area contributed by atoms with Gasteiger partial charge in [-0.05, 0) is 17.7 Å². The van der Waals surface area contributed by atoms with E-state index in [0.29, 0.717) is 22.3 Å². The zero-order chi connectivity index (χ0) is 22.6. The first kappa shape index (κ1) is 20.3. The van der Waals surface area contributed by atoms with Gasteiger partial charge >= 0.3 is 0 Å². The van der Waals surface area contributed by atoms with E-state index in [4.69, 9.17) is 0 Å². The molecule has 0 spiro atoms. The van der Waals surface area contributed by atoms with Gasteiger partial charge in [-0.1, -0.05) is 78.9 Å². The van der Waals surface area contributed by atoms with E-state index in [1.165, 1.54) is 6.33 Å². The largest absolute Gasteiger partial charge is 0.505 e. The summed E-state index contributed by atoms with van der Waals surface area (Å²) < 4.78 is 0. The number of pyridine rings is 1. The number of carbonyl (C=O) groups is 1. The van der Waals surface area contributed by atoms with Gasteiger partial charge in [-0.25, -0.2) is 15.0 Å². The molecule has 0 radical (unpaired) electrons. The predicted molar refractivity (Wildman–Crippen MR) is 127 cm³/mol. The highest BCUT2D eigenvalue weighted by molar-refractivity contribution is 6.10. The summed E-state index contributed by atoms with van der Waals surface area (Å²) in [4.78, 5) is 26.6. The van der Waals surface area contributed by atoms with Gasteiger partial charge < -0.3 is 10.4 Å². The van der Waals surface area contributed by atoms with Crippen LogP contribution in [0.1, 0.15) is 27.7 Å². The summed E-state index contributed by atoms with van der Waals surface area (Å²) in [5.41, 5.74) is 3.39. The van der Waals surface area contributed by atoms with Crippen molar-refractivity contribution in [1.82, 2.24) is 20.3 Å². The lowest BCUT2D eigenvalue weighted by molar-refractivity contribution is 0.0941. The molecule has 0 aliphatic rings. The van der Waals surface area contributed by atoms with E-state index in [0.717, 1.165) is 11.1 Å². The van der Waals surface area contributed by atoms with Gasteiger partial charge in [0.1, 0.15) is 12.0 Å². The number of rotatable bonds is 5. The van der Waals surface area contributed by atoms with Crippen molar-refractivity contribution >= 4 is 16.8 Å². The first-order valence-electron chi connectivity index (χ1n) is 10.5. The number of carbonyl (C=O) groups excluding carboxylic acids is 1. The Balaban J connectivity index is 1.64. The molecule has 0 fully saturated rings. The molecule has 33 heavy (non-hydrogen) atoms. The molecular weight excluding hydrogens is 412 g/mol. The fourth-order valence-corrected chi connectivity index (χ4v) is 3.88. The summed E-state index contributed by atoms with van der Waals surface area (Å²) in [7, 11) is 0. The molecule has 5 aromatic rings. The molecule has 0 aliphatic heterocycles. The molecule has 0 aliphatic carbocycles. The fourth-order valence-electron chi connectivity index (χ4n) is 3.88. The van der Waals surface area contributed by atoms with Gasteiger partial charge in [-0.15, -0.1) is 0 Å². The maximum atomic E-state index is 13.7. The molecule has 6 heteroatoms. The number of nitrogens with one attached hydrogen (secondary N) is 1. The number of hydrogen-bond donors (Lipinski definition) is 2. The zero-order valence-corrected chi connectivity index (χ0v) is 17.6. The second-order valence-electron chi connectivity index (χ2n) is 7.52. The number of benzene rings is 3. The smallest absolute Gasteiger partial charge is 0.256 e. The van der Waals surface area contributed by atoms with E-state index in [9.17, 15) is 9.90 Å².